The quantitative estimate of drug-likeness (QED) is 0.190. The summed E-state index contributed by atoms with van der Waals surface area (Å²) in [7, 11) is 6.56. The van der Waals surface area contributed by atoms with E-state index in [0.29, 0.717) is 11.4 Å². The lowest BCUT2D eigenvalue weighted by atomic mass is 10.1. The zero-order valence-electron chi connectivity index (χ0n) is 25.0. The fourth-order valence-electron chi connectivity index (χ4n) is 5.18. The molecule has 1 fully saturated rings. The predicted molar refractivity (Wildman–Crippen MR) is 168 cm³/mol. The number of aromatic nitrogens is 1. The topological polar surface area (TPSA) is 109 Å². The first-order valence-corrected chi connectivity index (χ1v) is 14.2. The Morgan fingerprint density at radius 1 is 0.810 bits per heavy atom. The van der Waals surface area contributed by atoms with Gasteiger partial charge in [0.2, 0.25) is 0 Å². The number of rotatable bonds is 10. The van der Waals surface area contributed by atoms with Crippen molar-refractivity contribution in [3.05, 3.63) is 71.9 Å². The molecule has 0 spiro atoms. The molecule has 0 bridgehead atoms. The van der Waals surface area contributed by atoms with Crippen LogP contribution in [-0.2, 0) is 6.42 Å². The van der Waals surface area contributed by atoms with E-state index in [9.17, 15) is 0 Å². The summed E-state index contributed by atoms with van der Waals surface area (Å²) >= 11 is 0. The number of piperazine rings is 1. The van der Waals surface area contributed by atoms with Crippen LogP contribution in [0.2, 0.25) is 0 Å². The highest BCUT2D eigenvalue weighted by molar-refractivity contribution is 5.84. The minimum atomic E-state index is 0.619. The molecule has 0 radical (unpaired) electrons. The SMILES string of the molecule is COc1ccc(N)c(OC)c1.COc1ccc(N2CCN(CCCCc3c[nH]c4ccc(C#N)cc34)CC2)c(OC)c1. The highest BCUT2D eigenvalue weighted by Gasteiger charge is 2.20. The second kappa shape index (κ2) is 14.9. The lowest BCUT2D eigenvalue weighted by molar-refractivity contribution is 0.252. The summed E-state index contributed by atoms with van der Waals surface area (Å²) in [6.07, 6.45) is 5.46. The van der Waals surface area contributed by atoms with E-state index in [0.717, 1.165) is 79.6 Å². The third-order valence-electron chi connectivity index (χ3n) is 7.61. The average Bonchev–Trinajstić information content (AvgIpc) is 3.45. The Bertz CT molecular complexity index is 1490. The number of nitrogens with two attached hydrogens (primary N) is 1. The van der Waals surface area contributed by atoms with Crippen molar-refractivity contribution < 1.29 is 18.9 Å². The second-order valence-corrected chi connectivity index (χ2v) is 10.1. The number of unbranched alkanes of at least 4 members (excludes halogenated alkanes) is 1. The summed E-state index contributed by atoms with van der Waals surface area (Å²) < 4.78 is 20.8. The van der Waals surface area contributed by atoms with Crippen LogP contribution in [0, 0.1) is 11.3 Å². The largest absolute Gasteiger partial charge is 0.497 e. The molecular formula is C33H41N5O4. The van der Waals surface area contributed by atoms with Crippen molar-refractivity contribution in [1.29, 1.82) is 5.26 Å². The Kier molecular flexibility index (Phi) is 10.8. The number of hydrogen-bond donors (Lipinski definition) is 2. The summed E-state index contributed by atoms with van der Waals surface area (Å²) in [4.78, 5) is 8.27. The molecule has 2 heterocycles. The number of anilines is 2. The Morgan fingerprint density at radius 3 is 2.17 bits per heavy atom. The molecule has 1 aliphatic rings. The van der Waals surface area contributed by atoms with Crippen molar-refractivity contribution in [1.82, 2.24) is 9.88 Å². The van der Waals surface area contributed by atoms with Gasteiger partial charge >= 0.3 is 0 Å². The average molecular weight is 572 g/mol. The molecule has 4 aromatic rings. The summed E-state index contributed by atoms with van der Waals surface area (Å²) in [5, 5.41) is 10.3. The normalized spacial score (nSPS) is 13.2. The van der Waals surface area contributed by atoms with Crippen LogP contribution >= 0.6 is 0 Å². The zero-order chi connectivity index (χ0) is 29.9. The van der Waals surface area contributed by atoms with E-state index >= 15 is 0 Å². The maximum atomic E-state index is 9.15. The van der Waals surface area contributed by atoms with Gasteiger partial charge in [0.1, 0.15) is 23.0 Å². The minimum Gasteiger partial charge on any atom is -0.497 e. The summed E-state index contributed by atoms with van der Waals surface area (Å²) in [5.41, 5.74) is 10.5. The molecule has 0 unspecified atom stereocenters. The third kappa shape index (κ3) is 7.59. The van der Waals surface area contributed by atoms with Crippen molar-refractivity contribution in [2.75, 3.05) is 71.8 Å². The fraction of sp³-hybridized carbons (Fsp3) is 0.364. The lowest BCUT2D eigenvalue weighted by Gasteiger charge is -2.36. The molecule has 0 atom stereocenters. The Balaban J connectivity index is 0.000000310. The van der Waals surface area contributed by atoms with E-state index in [1.807, 2.05) is 30.3 Å². The molecule has 3 N–H and O–H groups in total. The van der Waals surface area contributed by atoms with Crippen molar-refractivity contribution in [3.8, 4) is 29.1 Å². The van der Waals surface area contributed by atoms with E-state index < -0.39 is 0 Å². The molecule has 1 saturated heterocycles. The Hall–Kier alpha value is -4.55. The zero-order valence-corrected chi connectivity index (χ0v) is 25.0. The van der Waals surface area contributed by atoms with Gasteiger partial charge in [-0.05, 0) is 73.8 Å². The smallest absolute Gasteiger partial charge is 0.145 e. The minimum absolute atomic E-state index is 0.619. The monoisotopic (exact) mass is 571 g/mol. The van der Waals surface area contributed by atoms with Crippen LogP contribution in [0.5, 0.6) is 23.0 Å². The van der Waals surface area contributed by atoms with E-state index in [1.165, 1.54) is 17.4 Å². The van der Waals surface area contributed by atoms with Crippen LogP contribution < -0.4 is 29.6 Å². The predicted octanol–water partition coefficient (Wildman–Crippen LogP) is 5.49. The van der Waals surface area contributed by atoms with Crippen molar-refractivity contribution in [3.63, 3.8) is 0 Å². The van der Waals surface area contributed by atoms with E-state index in [2.05, 4.69) is 33.1 Å². The molecule has 1 aromatic heterocycles. The molecule has 3 aromatic carbocycles. The molecule has 222 valence electrons. The van der Waals surface area contributed by atoms with Gasteiger partial charge in [-0.3, -0.25) is 4.90 Å². The molecule has 0 saturated carbocycles. The number of ether oxygens (including phenoxy) is 4. The number of nitrogen functional groups attached to an aromatic ring is 1. The number of nitrogens with one attached hydrogen (secondary N) is 1. The first-order valence-electron chi connectivity index (χ1n) is 14.2. The molecule has 9 heteroatoms. The van der Waals surface area contributed by atoms with E-state index in [1.54, 1.807) is 46.6 Å². The van der Waals surface area contributed by atoms with Crippen LogP contribution in [-0.4, -0.2) is 71.0 Å². The van der Waals surface area contributed by atoms with Crippen molar-refractivity contribution in [2.24, 2.45) is 0 Å². The number of aryl methyl sites for hydroxylation is 1. The number of fused-ring (bicyclic) bond motifs is 1. The van der Waals surface area contributed by atoms with Gasteiger partial charge in [-0.25, -0.2) is 0 Å². The highest BCUT2D eigenvalue weighted by atomic mass is 16.5. The maximum Gasteiger partial charge on any atom is 0.145 e. The Labute approximate surface area is 248 Å². The number of nitrogens with zero attached hydrogens (tertiary/aromatic N) is 3. The van der Waals surface area contributed by atoms with Gasteiger partial charge in [0.05, 0.1) is 51.4 Å². The maximum absolute atomic E-state index is 9.15. The summed E-state index contributed by atoms with van der Waals surface area (Å²) in [6.45, 7) is 5.26. The van der Waals surface area contributed by atoms with Crippen molar-refractivity contribution in [2.45, 2.75) is 19.3 Å². The number of hydrogen-bond acceptors (Lipinski definition) is 8. The Morgan fingerprint density at radius 2 is 1.50 bits per heavy atom. The van der Waals surface area contributed by atoms with Gasteiger partial charge in [-0.2, -0.15) is 5.26 Å². The van der Waals surface area contributed by atoms with E-state index in [4.69, 9.17) is 29.9 Å². The fourth-order valence-corrected chi connectivity index (χ4v) is 5.18. The van der Waals surface area contributed by atoms with Gasteiger partial charge < -0.3 is 34.6 Å². The summed E-state index contributed by atoms with van der Waals surface area (Å²) in [6, 6.07) is 19.4. The number of H-pyrrole nitrogens is 1. The molecule has 1 aliphatic heterocycles. The number of benzene rings is 3. The first-order chi connectivity index (χ1) is 20.5. The summed E-state index contributed by atoms with van der Waals surface area (Å²) in [5.74, 6) is 3.07. The molecule has 9 nitrogen and oxygen atoms in total. The van der Waals surface area contributed by atoms with Crippen LogP contribution in [0.1, 0.15) is 24.0 Å². The van der Waals surface area contributed by atoms with Gasteiger partial charge in [-0.1, -0.05) is 0 Å². The lowest BCUT2D eigenvalue weighted by Crippen LogP contribution is -2.46. The van der Waals surface area contributed by atoms with Gasteiger partial charge in [-0.15, -0.1) is 0 Å². The first kappa shape index (κ1) is 30.4. The molecule has 42 heavy (non-hydrogen) atoms. The second-order valence-electron chi connectivity index (χ2n) is 10.1. The highest BCUT2D eigenvalue weighted by Crippen LogP contribution is 2.33. The van der Waals surface area contributed by atoms with Gasteiger partial charge in [0.15, 0.2) is 0 Å². The van der Waals surface area contributed by atoms with Crippen LogP contribution in [0.4, 0.5) is 11.4 Å². The van der Waals surface area contributed by atoms with Gasteiger partial charge in [0, 0.05) is 55.4 Å². The number of nitriles is 1. The number of methoxy groups -OCH3 is 4. The van der Waals surface area contributed by atoms with Crippen molar-refractivity contribution >= 4 is 22.3 Å². The molecular weight excluding hydrogens is 530 g/mol. The third-order valence-corrected chi connectivity index (χ3v) is 7.61. The van der Waals surface area contributed by atoms with Crippen LogP contribution in [0.3, 0.4) is 0 Å². The standard InChI is InChI=1S/C25H30N4O2.C8H11NO2/c1-30-21-7-9-24(25(16-21)31-2)29-13-11-28(12-14-29)10-4-3-5-20-18-27-23-8-6-19(17-26)15-22(20)23;1-10-6-3-4-7(9)8(5-6)11-2/h6-9,15-16,18,27H,3-5,10-14H2,1-2H3;3-5H,9H2,1-2H3. The van der Waals surface area contributed by atoms with Crippen LogP contribution in [0.15, 0.2) is 60.8 Å². The number of aromatic amines is 1. The molecule has 0 aliphatic carbocycles. The van der Waals surface area contributed by atoms with Crippen LogP contribution in [0.25, 0.3) is 10.9 Å². The van der Waals surface area contributed by atoms with E-state index in [-0.39, 0.29) is 0 Å². The molecule has 0 amide bonds. The molecule has 5 rings (SSSR count). The van der Waals surface area contributed by atoms with Gasteiger partial charge in [0.25, 0.3) is 0 Å².